The highest BCUT2D eigenvalue weighted by atomic mass is 35.5. The highest BCUT2D eigenvalue weighted by molar-refractivity contribution is 7.89. The standard InChI is InChI=1S/C12H19ClN2O2S/c1-14(2)12-6-4-11(5-7-12)10-15(3)18(16,17)9-8-13/h4-7H,8-10H2,1-3H3. The van der Waals surface area contributed by atoms with Crippen molar-refractivity contribution in [2.45, 2.75) is 6.54 Å². The zero-order chi connectivity index (χ0) is 13.8. The number of hydrogen-bond acceptors (Lipinski definition) is 3. The van der Waals surface area contributed by atoms with Gasteiger partial charge in [0, 0.05) is 39.3 Å². The molecule has 0 spiro atoms. The van der Waals surface area contributed by atoms with Crippen molar-refractivity contribution in [1.82, 2.24) is 4.31 Å². The Labute approximate surface area is 114 Å². The van der Waals surface area contributed by atoms with Gasteiger partial charge in [0.15, 0.2) is 0 Å². The number of benzene rings is 1. The fourth-order valence-electron chi connectivity index (χ4n) is 1.51. The Balaban J connectivity index is 2.73. The lowest BCUT2D eigenvalue weighted by atomic mass is 10.2. The van der Waals surface area contributed by atoms with E-state index in [0.717, 1.165) is 11.3 Å². The summed E-state index contributed by atoms with van der Waals surface area (Å²) in [6.45, 7) is 0.368. The van der Waals surface area contributed by atoms with Gasteiger partial charge in [0.2, 0.25) is 10.0 Å². The van der Waals surface area contributed by atoms with Crippen LogP contribution < -0.4 is 4.90 Å². The van der Waals surface area contributed by atoms with E-state index < -0.39 is 10.0 Å². The minimum Gasteiger partial charge on any atom is -0.378 e. The van der Waals surface area contributed by atoms with Crippen molar-refractivity contribution in [1.29, 1.82) is 0 Å². The second kappa shape index (κ2) is 6.41. The summed E-state index contributed by atoms with van der Waals surface area (Å²) in [5.41, 5.74) is 2.05. The van der Waals surface area contributed by atoms with Crippen molar-refractivity contribution in [2.24, 2.45) is 0 Å². The molecule has 4 nitrogen and oxygen atoms in total. The summed E-state index contributed by atoms with van der Waals surface area (Å²) in [6.07, 6.45) is 0. The number of hydrogen-bond donors (Lipinski definition) is 0. The van der Waals surface area contributed by atoms with Gasteiger partial charge in [0.05, 0.1) is 5.75 Å². The van der Waals surface area contributed by atoms with Gasteiger partial charge in [-0.05, 0) is 17.7 Å². The number of nitrogens with zero attached hydrogens (tertiary/aromatic N) is 2. The first-order valence-electron chi connectivity index (χ1n) is 5.63. The van der Waals surface area contributed by atoms with Crippen LogP contribution in [0.25, 0.3) is 0 Å². The fourth-order valence-corrected chi connectivity index (χ4v) is 2.95. The Bertz CT molecular complexity index is 471. The third kappa shape index (κ3) is 4.15. The SMILES string of the molecule is CN(C)c1ccc(CN(C)S(=O)(=O)CCCl)cc1. The van der Waals surface area contributed by atoms with E-state index in [1.165, 1.54) is 4.31 Å². The van der Waals surface area contributed by atoms with Crippen LogP contribution in [0.5, 0.6) is 0 Å². The predicted octanol–water partition coefficient (Wildman–Crippen LogP) is 1.75. The molecule has 0 amide bonds. The summed E-state index contributed by atoms with van der Waals surface area (Å²) in [5, 5.41) is 0. The van der Waals surface area contributed by atoms with Crippen molar-refractivity contribution < 1.29 is 8.42 Å². The summed E-state index contributed by atoms with van der Waals surface area (Å²) in [7, 11) is 2.26. The maximum Gasteiger partial charge on any atom is 0.215 e. The largest absolute Gasteiger partial charge is 0.378 e. The maximum absolute atomic E-state index is 11.7. The average molecular weight is 291 g/mol. The monoisotopic (exact) mass is 290 g/mol. The summed E-state index contributed by atoms with van der Waals surface area (Å²) >= 11 is 5.48. The minimum absolute atomic E-state index is 0.0269. The highest BCUT2D eigenvalue weighted by Gasteiger charge is 2.16. The number of alkyl halides is 1. The van der Waals surface area contributed by atoms with Crippen LogP contribution in [-0.2, 0) is 16.6 Å². The lowest BCUT2D eigenvalue weighted by Gasteiger charge is -2.17. The molecule has 0 aromatic heterocycles. The van der Waals surface area contributed by atoms with E-state index >= 15 is 0 Å². The fraction of sp³-hybridized carbons (Fsp3) is 0.500. The molecule has 0 N–H and O–H groups in total. The molecule has 18 heavy (non-hydrogen) atoms. The Morgan fingerprint density at radius 2 is 1.67 bits per heavy atom. The highest BCUT2D eigenvalue weighted by Crippen LogP contribution is 2.14. The average Bonchev–Trinajstić information content (AvgIpc) is 2.29. The third-order valence-electron chi connectivity index (χ3n) is 2.67. The molecule has 0 fully saturated rings. The van der Waals surface area contributed by atoms with E-state index in [9.17, 15) is 8.42 Å². The first kappa shape index (κ1) is 15.3. The predicted molar refractivity (Wildman–Crippen MR) is 76.7 cm³/mol. The lowest BCUT2D eigenvalue weighted by Crippen LogP contribution is -2.29. The van der Waals surface area contributed by atoms with Crippen molar-refractivity contribution in [3.63, 3.8) is 0 Å². The summed E-state index contributed by atoms with van der Waals surface area (Å²) in [5.74, 6) is 0.0904. The second-order valence-electron chi connectivity index (χ2n) is 4.32. The molecule has 0 aliphatic rings. The zero-order valence-corrected chi connectivity index (χ0v) is 12.5. The topological polar surface area (TPSA) is 40.6 Å². The van der Waals surface area contributed by atoms with Crippen molar-refractivity contribution in [3.05, 3.63) is 29.8 Å². The van der Waals surface area contributed by atoms with E-state index in [0.29, 0.717) is 6.54 Å². The Morgan fingerprint density at radius 3 is 2.11 bits per heavy atom. The Morgan fingerprint density at radius 1 is 1.11 bits per heavy atom. The van der Waals surface area contributed by atoms with Crippen molar-refractivity contribution in [3.8, 4) is 0 Å². The van der Waals surface area contributed by atoms with Gasteiger partial charge in [-0.15, -0.1) is 11.6 Å². The van der Waals surface area contributed by atoms with Crippen LogP contribution in [0.15, 0.2) is 24.3 Å². The molecular formula is C12H19ClN2O2S. The molecule has 1 aromatic rings. The summed E-state index contributed by atoms with van der Waals surface area (Å²) in [6, 6.07) is 7.80. The van der Waals surface area contributed by atoms with Gasteiger partial charge in [-0.3, -0.25) is 0 Å². The van der Waals surface area contributed by atoms with Crippen LogP contribution in [0.1, 0.15) is 5.56 Å². The van der Waals surface area contributed by atoms with Gasteiger partial charge in [-0.1, -0.05) is 12.1 Å². The molecule has 0 atom stereocenters. The van der Waals surface area contributed by atoms with E-state index in [-0.39, 0.29) is 11.6 Å². The van der Waals surface area contributed by atoms with Gasteiger partial charge < -0.3 is 4.90 Å². The molecule has 0 bridgehead atoms. The van der Waals surface area contributed by atoms with Crippen molar-refractivity contribution in [2.75, 3.05) is 37.7 Å². The Kier molecular flexibility index (Phi) is 5.44. The third-order valence-corrected chi connectivity index (χ3v) is 4.88. The van der Waals surface area contributed by atoms with Crippen LogP contribution in [0, 0.1) is 0 Å². The minimum atomic E-state index is -3.24. The molecule has 0 aliphatic heterocycles. The molecule has 0 aliphatic carbocycles. The number of anilines is 1. The zero-order valence-electron chi connectivity index (χ0n) is 10.9. The number of rotatable bonds is 6. The molecule has 0 saturated carbocycles. The smallest absolute Gasteiger partial charge is 0.215 e. The molecule has 1 rings (SSSR count). The summed E-state index contributed by atoms with van der Waals surface area (Å²) < 4.78 is 24.8. The molecule has 0 heterocycles. The van der Waals surface area contributed by atoms with Crippen LogP contribution >= 0.6 is 11.6 Å². The van der Waals surface area contributed by atoms with Crippen LogP contribution in [0.2, 0.25) is 0 Å². The second-order valence-corrected chi connectivity index (χ2v) is 6.90. The van der Waals surface area contributed by atoms with E-state index in [1.54, 1.807) is 7.05 Å². The molecule has 0 radical (unpaired) electrons. The quantitative estimate of drug-likeness (QED) is 0.750. The first-order valence-corrected chi connectivity index (χ1v) is 7.77. The maximum atomic E-state index is 11.7. The molecule has 0 unspecified atom stereocenters. The van der Waals surface area contributed by atoms with Crippen molar-refractivity contribution >= 4 is 27.3 Å². The molecule has 102 valence electrons. The number of halogens is 1. The van der Waals surface area contributed by atoms with E-state index in [2.05, 4.69) is 0 Å². The van der Waals surface area contributed by atoms with Crippen LogP contribution in [-0.4, -0.2) is 45.5 Å². The van der Waals surface area contributed by atoms with Crippen LogP contribution in [0.3, 0.4) is 0 Å². The van der Waals surface area contributed by atoms with Gasteiger partial charge in [-0.25, -0.2) is 12.7 Å². The first-order chi connectivity index (χ1) is 8.36. The van der Waals surface area contributed by atoms with Gasteiger partial charge >= 0.3 is 0 Å². The van der Waals surface area contributed by atoms with E-state index in [4.69, 9.17) is 11.6 Å². The summed E-state index contributed by atoms with van der Waals surface area (Å²) in [4.78, 5) is 2.00. The lowest BCUT2D eigenvalue weighted by molar-refractivity contribution is 0.468. The molecule has 0 saturated heterocycles. The van der Waals surface area contributed by atoms with Gasteiger partial charge in [-0.2, -0.15) is 0 Å². The normalized spacial score (nSPS) is 11.8. The molecule has 1 aromatic carbocycles. The molecular weight excluding hydrogens is 272 g/mol. The number of sulfonamides is 1. The Hall–Kier alpha value is -0.780. The van der Waals surface area contributed by atoms with Gasteiger partial charge in [0.1, 0.15) is 0 Å². The van der Waals surface area contributed by atoms with Gasteiger partial charge in [0.25, 0.3) is 0 Å². The molecule has 6 heteroatoms. The van der Waals surface area contributed by atoms with Crippen LogP contribution in [0.4, 0.5) is 5.69 Å². The van der Waals surface area contributed by atoms with E-state index in [1.807, 2.05) is 43.3 Å².